The molecule has 1 aliphatic rings. The summed E-state index contributed by atoms with van der Waals surface area (Å²) in [5.41, 5.74) is 0.418. The SMILES string of the molecule is CC(C)(C)C/C=C/CN1CCOCC1. The lowest BCUT2D eigenvalue weighted by atomic mass is 9.92. The second-order valence-electron chi connectivity index (χ2n) is 5.15. The van der Waals surface area contributed by atoms with Crippen LogP contribution in [0.2, 0.25) is 0 Å². The van der Waals surface area contributed by atoms with Crippen LogP contribution in [-0.4, -0.2) is 37.7 Å². The zero-order valence-corrected chi connectivity index (χ0v) is 9.75. The maximum Gasteiger partial charge on any atom is 0.0594 e. The largest absolute Gasteiger partial charge is 0.379 e. The summed E-state index contributed by atoms with van der Waals surface area (Å²) in [6.45, 7) is 11.9. The summed E-state index contributed by atoms with van der Waals surface area (Å²) < 4.78 is 5.29. The summed E-state index contributed by atoms with van der Waals surface area (Å²) in [5, 5.41) is 0. The highest BCUT2D eigenvalue weighted by Crippen LogP contribution is 2.18. The zero-order chi connectivity index (χ0) is 10.4. The van der Waals surface area contributed by atoms with E-state index in [-0.39, 0.29) is 0 Å². The van der Waals surface area contributed by atoms with Gasteiger partial charge in [-0.15, -0.1) is 0 Å². The third kappa shape index (κ3) is 5.40. The van der Waals surface area contributed by atoms with Crippen LogP contribution in [0, 0.1) is 5.41 Å². The zero-order valence-electron chi connectivity index (χ0n) is 9.75. The van der Waals surface area contributed by atoms with Gasteiger partial charge in [0.2, 0.25) is 0 Å². The van der Waals surface area contributed by atoms with E-state index in [9.17, 15) is 0 Å². The molecule has 0 saturated carbocycles. The van der Waals surface area contributed by atoms with Crippen molar-refractivity contribution in [1.82, 2.24) is 4.90 Å². The Labute approximate surface area is 87.9 Å². The minimum Gasteiger partial charge on any atom is -0.379 e. The Morgan fingerprint density at radius 1 is 1.14 bits per heavy atom. The molecule has 1 aliphatic heterocycles. The molecule has 0 atom stereocenters. The van der Waals surface area contributed by atoms with Crippen LogP contribution >= 0.6 is 0 Å². The maximum absolute atomic E-state index is 5.29. The fourth-order valence-corrected chi connectivity index (χ4v) is 1.44. The van der Waals surface area contributed by atoms with Crippen LogP contribution in [0.4, 0.5) is 0 Å². The molecule has 0 aromatic rings. The molecule has 14 heavy (non-hydrogen) atoms. The number of hydrogen-bond acceptors (Lipinski definition) is 2. The van der Waals surface area contributed by atoms with Gasteiger partial charge in [-0.25, -0.2) is 0 Å². The number of rotatable bonds is 3. The molecule has 1 rings (SSSR count). The molecule has 1 fully saturated rings. The van der Waals surface area contributed by atoms with E-state index >= 15 is 0 Å². The lowest BCUT2D eigenvalue weighted by Gasteiger charge is -2.25. The van der Waals surface area contributed by atoms with Gasteiger partial charge >= 0.3 is 0 Å². The van der Waals surface area contributed by atoms with E-state index in [4.69, 9.17) is 4.74 Å². The van der Waals surface area contributed by atoms with Gasteiger partial charge in [0.25, 0.3) is 0 Å². The molecule has 82 valence electrons. The van der Waals surface area contributed by atoms with Crippen molar-refractivity contribution in [3.05, 3.63) is 12.2 Å². The van der Waals surface area contributed by atoms with Crippen molar-refractivity contribution in [2.24, 2.45) is 5.41 Å². The van der Waals surface area contributed by atoms with Crippen molar-refractivity contribution in [1.29, 1.82) is 0 Å². The average molecular weight is 197 g/mol. The van der Waals surface area contributed by atoms with Gasteiger partial charge in [-0.3, -0.25) is 4.90 Å². The third-order valence-electron chi connectivity index (χ3n) is 2.36. The van der Waals surface area contributed by atoms with E-state index < -0.39 is 0 Å². The van der Waals surface area contributed by atoms with Crippen LogP contribution in [0.1, 0.15) is 27.2 Å². The topological polar surface area (TPSA) is 12.5 Å². The Morgan fingerprint density at radius 3 is 2.36 bits per heavy atom. The molecule has 1 heterocycles. The lowest BCUT2D eigenvalue weighted by molar-refractivity contribution is 0.0434. The Bertz CT molecular complexity index is 175. The number of allylic oxidation sites excluding steroid dienone is 1. The Morgan fingerprint density at radius 2 is 1.79 bits per heavy atom. The molecule has 0 radical (unpaired) electrons. The van der Waals surface area contributed by atoms with Gasteiger partial charge in [-0.05, 0) is 11.8 Å². The summed E-state index contributed by atoms with van der Waals surface area (Å²) in [5.74, 6) is 0. The van der Waals surface area contributed by atoms with Gasteiger partial charge in [0.15, 0.2) is 0 Å². The molecule has 2 nitrogen and oxygen atoms in total. The van der Waals surface area contributed by atoms with Crippen molar-refractivity contribution in [2.75, 3.05) is 32.8 Å². The predicted octanol–water partition coefficient (Wildman–Crippen LogP) is 2.31. The number of ether oxygens (including phenoxy) is 1. The van der Waals surface area contributed by atoms with Crippen LogP contribution in [-0.2, 0) is 4.74 Å². The molecule has 0 aromatic carbocycles. The molecular formula is C12H23NO. The predicted molar refractivity (Wildman–Crippen MR) is 60.5 cm³/mol. The van der Waals surface area contributed by atoms with E-state index in [0.29, 0.717) is 5.41 Å². The highest BCUT2D eigenvalue weighted by Gasteiger charge is 2.09. The summed E-state index contributed by atoms with van der Waals surface area (Å²) in [6, 6.07) is 0. The van der Waals surface area contributed by atoms with Gasteiger partial charge in [-0.2, -0.15) is 0 Å². The average Bonchev–Trinajstić information content (AvgIpc) is 2.13. The van der Waals surface area contributed by atoms with Gasteiger partial charge in [-0.1, -0.05) is 32.9 Å². The molecule has 0 bridgehead atoms. The first kappa shape index (κ1) is 11.7. The molecule has 0 unspecified atom stereocenters. The van der Waals surface area contributed by atoms with Crippen LogP contribution in [0.15, 0.2) is 12.2 Å². The lowest BCUT2D eigenvalue weighted by Crippen LogP contribution is -2.36. The molecule has 0 aromatic heterocycles. The maximum atomic E-state index is 5.29. The van der Waals surface area contributed by atoms with Crippen molar-refractivity contribution < 1.29 is 4.74 Å². The van der Waals surface area contributed by atoms with Gasteiger partial charge < -0.3 is 4.74 Å². The molecule has 0 amide bonds. The molecular weight excluding hydrogens is 174 g/mol. The highest BCUT2D eigenvalue weighted by atomic mass is 16.5. The first-order valence-corrected chi connectivity index (χ1v) is 5.53. The van der Waals surface area contributed by atoms with Gasteiger partial charge in [0.05, 0.1) is 13.2 Å². The quantitative estimate of drug-likeness (QED) is 0.644. The normalized spacial score (nSPS) is 20.5. The van der Waals surface area contributed by atoms with Crippen molar-refractivity contribution in [2.45, 2.75) is 27.2 Å². The van der Waals surface area contributed by atoms with Crippen molar-refractivity contribution in [3.63, 3.8) is 0 Å². The monoisotopic (exact) mass is 197 g/mol. The summed E-state index contributed by atoms with van der Waals surface area (Å²) in [7, 11) is 0. The van der Waals surface area contributed by atoms with E-state index in [1.807, 2.05) is 0 Å². The first-order chi connectivity index (χ1) is 6.58. The molecule has 0 spiro atoms. The molecule has 2 heteroatoms. The van der Waals surface area contributed by atoms with Crippen LogP contribution in [0.25, 0.3) is 0 Å². The molecule has 0 aliphatic carbocycles. The molecule has 0 N–H and O–H groups in total. The van der Waals surface area contributed by atoms with Crippen LogP contribution in [0.3, 0.4) is 0 Å². The number of hydrogen-bond donors (Lipinski definition) is 0. The molecule has 1 saturated heterocycles. The second-order valence-corrected chi connectivity index (χ2v) is 5.15. The van der Waals surface area contributed by atoms with Crippen LogP contribution in [0.5, 0.6) is 0 Å². The second kappa shape index (κ2) is 5.52. The van der Waals surface area contributed by atoms with E-state index in [2.05, 4.69) is 37.8 Å². The Kier molecular flexibility index (Phi) is 4.63. The third-order valence-corrected chi connectivity index (χ3v) is 2.36. The van der Waals surface area contributed by atoms with Gasteiger partial charge in [0.1, 0.15) is 0 Å². The summed E-state index contributed by atoms with van der Waals surface area (Å²) >= 11 is 0. The van der Waals surface area contributed by atoms with Crippen molar-refractivity contribution >= 4 is 0 Å². The smallest absolute Gasteiger partial charge is 0.0594 e. The van der Waals surface area contributed by atoms with E-state index in [0.717, 1.165) is 39.3 Å². The van der Waals surface area contributed by atoms with Crippen molar-refractivity contribution in [3.8, 4) is 0 Å². The van der Waals surface area contributed by atoms with E-state index in [1.54, 1.807) is 0 Å². The highest BCUT2D eigenvalue weighted by molar-refractivity contribution is 4.88. The first-order valence-electron chi connectivity index (χ1n) is 5.53. The van der Waals surface area contributed by atoms with E-state index in [1.165, 1.54) is 0 Å². The fraction of sp³-hybridized carbons (Fsp3) is 0.833. The summed E-state index contributed by atoms with van der Waals surface area (Å²) in [6.07, 6.45) is 5.75. The van der Waals surface area contributed by atoms with Crippen LogP contribution < -0.4 is 0 Å². The minimum atomic E-state index is 0.418. The standard InChI is InChI=1S/C12H23NO/c1-12(2,3)6-4-5-7-13-8-10-14-11-9-13/h4-5H,6-11H2,1-3H3/b5-4+. The Hall–Kier alpha value is -0.340. The number of morpholine rings is 1. The number of nitrogens with zero attached hydrogens (tertiary/aromatic N) is 1. The van der Waals surface area contributed by atoms with Gasteiger partial charge in [0, 0.05) is 19.6 Å². The summed E-state index contributed by atoms with van der Waals surface area (Å²) in [4.78, 5) is 2.43. The fourth-order valence-electron chi connectivity index (χ4n) is 1.44. The Balaban J connectivity index is 2.12. The minimum absolute atomic E-state index is 0.418.